The van der Waals surface area contributed by atoms with Gasteiger partial charge in [-0.3, -0.25) is 0 Å². The van der Waals surface area contributed by atoms with Gasteiger partial charge in [0.1, 0.15) is 0 Å². The van der Waals surface area contributed by atoms with Crippen molar-refractivity contribution in [2.75, 3.05) is 0 Å². The van der Waals surface area contributed by atoms with Gasteiger partial charge < -0.3 is 5.73 Å². The molecule has 1 aromatic rings. The Hall–Kier alpha value is -0.820. The fourth-order valence-electron chi connectivity index (χ4n) is 3.85. The summed E-state index contributed by atoms with van der Waals surface area (Å²) in [5.41, 5.74) is 11.1. The lowest BCUT2D eigenvalue weighted by Gasteiger charge is -2.37. The van der Waals surface area contributed by atoms with E-state index in [2.05, 4.69) is 45.9 Å². The van der Waals surface area contributed by atoms with Gasteiger partial charge in [0.05, 0.1) is 0 Å². The number of nitrogens with two attached hydrogens (primary N) is 1. The van der Waals surface area contributed by atoms with E-state index in [9.17, 15) is 0 Å². The Morgan fingerprint density at radius 1 is 1.11 bits per heavy atom. The van der Waals surface area contributed by atoms with Crippen LogP contribution in [0, 0.1) is 25.2 Å². The lowest BCUT2D eigenvalue weighted by atomic mass is 9.70. The van der Waals surface area contributed by atoms with Crippen LogP contribution in [0.15, 0.2) is 18.2 Å². The van der Waals surface area contributed by atoms with Gasteiger partial charge in [-0.05, 0) is 61.1 Å². The highest BCUT2D eigenvalue weighted by atomic mass is 14.7. The van der Waals surface area contributed by atoms with E-state index in [-0.39, 0.29) is 6.04 Å². The van der Waals surface area contributed by atoms with Crippen LogP contribution in [0.25, 0.3) is 0 Å². The van der Waals surface area contributed by atoms with E-state index in [1.54, 1.807) is 0 Å². The van der Waals surface area contributed by atoms with Crippen molar-refractivity contribution in [1.29, 1.82) is 0 Å². The SMILES string of the molecule is Cc1ccc(C(N)C2(CC(C)C)CCCC2)cc1C. The minimum Gasteiger partial charge on any atom is -0.323 e. The van der Waals surface area contributed by atoms with Gasteiger partial charge in [-0.15, -0.1) is 0 Å². The minimum absolute atomic E-state index is 0.205. The number of hydrogen-bond donors (Lipinski definition) is 1. The molecule has 0 aliphatic heterocycles. The molecule has 0 radical (unpaired) electrons. The maximum absolute atomic E-state index is 6.70. The van der Waals surface area contributed by atoms with Crippen molar-refractivity contribution in [3.8, 4) is 0 Å². The fourth-order valence-corrected chi connectivity index (χ4v) is 3.85. The molecule has 0 saturated heterocycles. The molecule has 1 saturated carbocycles. The number of hydrogen-bond acceptors (Lipinski definition) is 1. The van der Waals surface area contributed by atoms with Gasteiger partial charge in [-0.25, -0.2) is 0 Å². The molecule has 106 valence electrons. The van der Waals surface area contributed by atoms with Crippen molar-refractivity contribution < 1.29 is 0 Å². The van der Waals surface area contributed by atoms with Crippen LogP contribution in [0.5, 0.6) is 0 Å². The van der Waals surface area contributed by atoms with Gasteiger partial charge in [-0.1, -0.05) is 44.9 Å². The first-order valence-corrected chi connectivity index (χ1v) is 7.77. The maximum Gasteiger partial charge on any atom is 0.0352 e. The van der Waals surface area contributed by atoms with Crippen LogP contribution in [-0.2, 0) is 0 Å². The van der Waals surface area contributed by atoms with E-state index in [0.29, 0.717) is 5.41 Å². The van der Waals surface area contributed by atoms with Crippen LogP contribution in [0.2, 0.25) is 0 Å². The summed E-state index contributed by atoms with van der Waals surface area (Å²) < 4.78 is 0. The molecule has 2 N–H and O–H groups in total. The molecule has 1 fully saturated rings. The first-order valence-electron chi connectivity index (χ1n) is 7.77. The monoisotopic (exact) mass is 259 g/mol. The van der Waals surface area contributed by atoms with Crippen molar-refractivity contribution in [3.63, 3.8) is 0 Å². The van der Waals surface area contributed by atoms with E-state index >= 15 is 0 Å². The summed E-state index contributed by atoms with van der Waals surface area (Å²) in [5.74, 6) is 0.732. The third-order valence-electron chi connectivity index (χ3n) is 4.96. The van der Waals surface area contributed by atoms with Crippen molar-refractivity contribution in [3.05, 3.63) is 34.9 Å². The van der Waals surface area contributed by atoms with Gasteiger partial charge >= 0.3 is 0 Å². The summed E-state index contributed by atoms with van der Waals surface area (Å²) in [7, 11) is 0. The summed E-state index contributed by atoms with van der Waals surface area (Å²) in [6, 6.07) is 6.98. The Morgan fingerprint density at radius 3 is 2.26 bits per heavy atom. The zero-order valence-corrected chi connectivity index (χ0v) is 13.0. The summed E-state index contributed by atoms with van der Waals surface area (Å²) in [4.78, 5) is 0. The molecule has 1 unspecified atom stereocenters. The zero-order valence-electron chi connectivity index (χ0n) is 13.0. The molecule has 0 aromatic heterocycles. The molecule has 0 bridgehead atoms. The molecule has 2 rings (SSSR count). The molecule has 1 atom stereocenters. The standard InChI is InChI=1S/C18H29N/c1-13(2)12-18(9-5-6-10-18)17(19)16-8-7-14(3)15(4)11-16/h7-8,11,13,17H,5-6,9-10,12,19H2,1-4H3. The highest BCUT2D eigenvalue weighted by Gasteiger charge is 2.40. The highest BCUT2D eigenvalue weighted by Crippen LogP contribution is 2.50. The lowest BCUT2D eigenvalue weighted by molar-refractivity contribution is 0.183. The summed E-state index contributed by atoms with van der Waals surface area (Å²) in [6.45, 7) is 9.01. The Bertz CT molecular complexity index is 427. The van der Waals surface area contributed by atoms with E-state index < -0.39 is 0 Å². The van der Waals surface area contributed by atoms with Gasteiger partial charge in [0, 0.05) is 6.04 Å². The molecule has 1 nitrogen and oxygen atoms in total. The molecular formula is C18H29N. The van der Waals surface area contributed by atoms with Crippen LogP contribution < -0.4 is 5.73 Å². The molecule has 1 aliphatic rings. The normalized spacial score (nSPS) is 19.9. The van der Waals surface area contributed by atoms with Crippen molar-refractivity contribution in [2.24, 2.45) is 17.1 Å². The Kier molecular flexibility index (Phi) is 4.35. The average Bonchev–Trinajstić information content (AvgIpc) is 2.80. The van der Waals surface area contributed by atoms with Gasteiger partial charge in [0.15, 0.2) is 0 Å². The Labute approximate surface area is 118 Å². The van der Waals surface area contributed by atoms with Crippen molar-refractivity contribution in [2.45, 2.75) is 65.8 Å². The molecule has 1 aliphatic carbocycles. The van der Waals surface area contributed by atoms with Gasteiger partial charge in [0.25, 0.3) is 0 Å². The van der Waals surface area contributed by atoms with Crippen LogP contribution in [0.4, 0.5) is 0 Å². The predicted octanol–water partition coefficient (Wildman–Crippen LogP) is 4.91. The lowest BCUT2D eigenvalue weighted by Crippen LogP contribution is -2.33. The third kappa shape index (κ3) is 3.02. The van der Waals surface area contributed by atoms with Gasteiger partial charge in [0.2, 0.25) is 0 Å². The minimum atomic E-state index is 0.205. The third-order valence-corrected chi connectivity index (χ3v) is 4.96. The molecule has 1 heteroatoms. The fraction of sp³-hybridized carbons (Fsp3) is 0.667. The zero-order chi connectivity index (χ0) is 14.0. The van der Waals surface area contributed by atoms with Crippen molar-refractivity contribution >= 4 is 0 Å². The van der Waals surface area contributed by atoms with E-state index in [4.69, 9.17) is 5.73 Å². The molecule has 0 spiro atoms. The summed E-state index contributed by atoms with van der Waals surface area (Å²) in [5, 5.41) is 0. The van der Waals surface area contributed by atoms with Crippen LogP contribution in [0.3, 0.4) is 0 Å². The number of rotatable bonds is 4. The van der Waals surface area contributed by atoms with Crippen molar-refractivity contribution in [1.82, 2.24) is 0 Å². The Morgan fingerprint density at radius 2 is 1.74 bits per heavy atom. The predicted molar refractivity (Wildman–Crippen MR) is 83.2 cm³/mol. The maximum atomic E-state index is 6.70. The largest absolute Gasteiger partial charge is 0.323 e. The number of benzene rings is 1. The number of aryl methyl sites for hydroxylation is 2. The molecular weight excluding hydrogens is 230 g/mol. The van der Waals surface area contributed by atoms with Gasteiger partial charge in [-0.2, -0.15) is 0 Å². The summed E-state index contributed by atoms with van der Waals surface area (Å²) >= 11 is 0. The molecule has 1 aromatic carbocycles. The second kappa shape index (κ2) is 5.66. The smallest absolute Gasteiger partial charge is 0.0352 e. The average molecular weight is 259 g/mol. The molecule has 0 amide bonds. The Balaban J connectivity index is 2.28. The second-order valence-electron chi connectivity index (χ2n) is 6.99. The van der Waals surface area contributed by atoms with Crippen LogP contribution in [0.1, 0.15) is 68.7 Å². The topological polar surface area (TPSA) is 26.0 Å². The van der Waals surface area contributed by atoms with Crippen LogP contribution >= 0.6 is 0 Å². The molecule has 19 heavy (non-hydrogen) atoms. The van der Waals surface area contributed by atoms with Crippen LogP contribution in [-0.4, -0.2) is 0 Å². The highest BCUT2D eigenvalue weighted by molar-refractivity contribution is 5.32. The summed E-state index contributed by atoms with van der Waals surface area (Å²) in [6.07, 6.45) is 6.58. The molecule has 0 heterocycles. The van der Waals surface area contributed by atoms with E-state index in [1.165, 1.54) is 48.8 Å². The van der Waals surface area contributed by atoms with E-state index in [0.717, 1.165) is 5.92 Å². The first kappa shape index (κ1) is 14.6. The second-order valence-corrected chi connectivity index (χ2v) is 6.99. The quantitative estimate of drug-likeness (QED) is 0.817. The first-order chi connectivity index (χ1) is 8.94. The van der Waals surface area contributed by atoms with E-state index in [1.807, 2.05) is 0 Å².